The van der Waals surface area contributed by atoms with Crippen LogP contribution in [0.3, 0.4) is 0 Å². The van der Waals surface area contributed by atoms with Crippen LogP contribution in [0.25, 0.3) is 0 Å². The average Bonchev–Trinajstić information content (AvgIpc) is 0. The first-order valence-corrected chi connectivity index (χ1v) is 0. The van der Waals surface area contributed by atoms with Crippen LogP contribution in [0.15, 0.2) is 0 Å². The van der Waals surface area contributed by atoms with Crippen LogP contribution >= 0.6 is 0 Å². The van der Waals surface area contributed by atoms with E-state index in [1.807, 2.05) is 0 Å². The molecule has 0 aliphatic rings. The molecule has 0 aliphatic carbocycles. The minimum Gasteiger partial charge on any atom is -0.0776 e. The second kappa shape index (κ2) is 0. The first-order chi connectivity index (χ1) is 0. The fraction of sp³-hybridized carbons (Fsp3) is 1.00. The van der Waals surface area contributed by atoms with Gasteiger partial charge in [-0.15, -0.1) is 0 Å². The van der Waals surface area contributed by atoms with Crippen LogP contribution < -0.4 is 0 Å². The Morgan fingerprint density at radius 2 is 0.200 bits per heavy atom. The normalized spacial score (nSPS) is 0. The predicted molar refractivity (Wildman–Crippen MR) is 33.7 cm³/mol. The fourth-order valence-corrected chi connectivity index (χ4v) is 0. The molecule has 0 fully saturated rings. The molecule has 0 N–H and O–H groups in total. The largest absolute Gasteiger partial charge is 0.0776 e. The highest BCUT2D eigenvalue weighted by Crippen LogP contribution is 0.148. The lowest BCUT2D eigenvalue weighted by molar-refractivity contribution is 2.50. The van der Waals surface area contributed by atoms with E-state index in [4.69, 9.17) is 0 Å². The van der Waals surface area contributed by atoms with E-state index in [1.54, 1.807) is 0 Å². The summed E-state index contributed by atoms with van der Waals surface area (Å²) in [5.74, 6) is 0. The molecule has 0 amide bonds. The van der Waals surface area contributed by atoms with Crippen LogP contribution in [-0.2, 0) is 0 Å². The molecule has 0 nitrogen and oxygen atoms in total. The highest BCUT2D eigenvalue weighted by atomic mass is 12.0. The Balaban J connectivity index is 0. The summed E-state index contributed by atoms with van der Waals surface area (Å²) in [5, 5.41) is 0. The molecule has 0 spiro atoms. The maximum absolute atomic E-state index is 0. The Morgan fingerprint density at radius 3 is 0.200 bits per heavy atom. The molecule has 0 rings (SSSR count). The van der Waals surface area contributed by atoms with Gasteiger partial charge in [-0.2, -0.15) is 0 Å². The molecule has 0 aromatic rings. The summed E-state index contributed by atoms with van der Waals surface area (Å²) in [4.78, 5) is 0. The first-order valence-electron chi connectivity index (χ1n) is 0. The lowest BCUT2D eigenvalue weighted by atomic mass is 12.0. The van der Waals surface area contributed by atoms with Crippen LogP contribution in [0.4, 0.5) is 0 Å². The third-order valence-electron chi connectivity index (χ3n) is 0. The first kappa shape index (κ1) is 0. The van der Waals surface area contributed by atoms with Crippen molar-refractivity contribution in [1.82, 2.24) is 0 Å². The third kappa shape index (κ3) is 0. The predicted octanol–water partition coefficient (Wildman–Crippen LogP) is 3.18. The van der Waals surface area contributed by atoms with Crippen molar-refractivity contribution in [1.29, 1.82) is 0 Å². The van der Waals surface area contributed by atoms with E-state index in [0.717, 1.165) is 0 Å². The molecule has 0 radical (unpaired) electrons. The fourth-order valence-electron chi connectivity index (χ4n) is 0. The number of hydrogen-bond acceptors (Lipinski definition) is 0. The smallest absolute Gasteiger partial charge is 0.0776 e. The molecule has 5 heavy (non-hydrogen) atoms. The lowest BCUT2D eigenvalue weighted by Gasteiger charge is -0.0786. The van der Waals surface area contributed by atoms with E-state index < -0.39 is 0 Å². The Morgan fingerprint density at radius 1 is 0.200 bits per heavy atom. The van der Waals surface area contributed by atoms with E-state index in [0.29, 0.717) is 0 Å². The van der Waals surface area contributed by atoms with E-state index in [2.05, 4.69) is 0 Å². The van der Waals surface area contributed by atoms with Gasteiger partial charge in [-0.1, -0.05) is 37.1 Å². The molecular weight excluding hydrogens is 60.1 g/mol. The van der Waals surface area contributed by atoms with Crippen molar-refractivity contribution in [2.24, 2.45) is 0 Å². The van der Waals surface area contributed by atoms with Crippen LogP contribution in [0.2, 0.25) is 0 Å². The van der Waals surface area contributed by atoms with E-state index in [1.165, 1.54) is 0 Å². The van der Waals surface area contributed by atoms with Crippen molar-refractivity contribution in [3.05, 3.63) is 0 Å². The second-order valence-electron chi connectivity index (χ2n) is 0. The van der Waals surface area contributed by atoms with Gasteiger partial charge in [-0.3, -0.25) is 0 Å². The Hall–Kier alpha value is 0. The van der Waals surface area contributed by atoms with Gasteiger partial charge in [-0.05, 0) is 0 Å². The maximum atomic E-state index is 0. The minimum atomic E-state index is 0. The molecule has 0 heterocycles. The van der Waals surface area contributed by atoms with Crippen molar-refractivity contribution < 1.29 is 0 Å². The van der Waals surface area contributed by atoms with Gasteiger partial charge in [0.1, 0.15) is 0 Å². The Labute approximate surface area is 38.2 Å². The van der Waals surface area contributed by atoms with Crippen molar-refractivity contribution in [3.8, 4) is 0 Å². The monoisotopic (exact) mass is 80.2 g/mol. The van der Waals surface area contributed by atoms with E-state index >= 15 is 0 Å². The van der Waals surface area contributed by atoms with Crippen molar-refractivity contribution in [3.63, 3.8) is 0 Å². The Bertz CT molecular complexity index is 0. The molecule has 0 atom stereocenters. The summed E-state index contributed by atoms with van der Waals surface area (Å²) in [6.07, 6.45) is 0. The van der Waals surface area contributed by atoms with Gasteiger partial charge in [0.25, 0.3) is 0 Å². The minimum absolute atomic E-state index is 0. The third-order valence-corrected chi connectivity index (χ3v) is 0. The maximum Gasteiger partial charge on any atom is -0.0776 e. The van der Waals surface area contributed by atoms with Crippen LogP contribution in [0.1, 0.15) is 37.1 Å². The average molecular weight is 80.2 g/mol. The summed E-state index contributed by atoms with van der Waals surface area (Å²) >= 11 is 0. The number of hydrogen-bond donors (Lipinski definition) is 0. The summed E-state index contributed by atoms with van der Waals surface area (Å²) in [6.45, 7) is 0. The van der Waals surface area contributed by atoms with Crippen LogP contribution in [0, 0.1) is 0 Å². The summed E-state index contributed by atoms with van der Waals surface area (Å²) in [7, 11) is 0. The molecule has 0 saturated heterocycles. The molecular formula is C5H20. The van der Waals surface area contributed by atoms with Crippen LogP contribution in [0.5, 0.6) is 0 Å². The van der Waals surface area contributed by atoms with E-state index in [9.17, 15) is 0 Å². The molecule has 0 heteroatoms. The van der Waals surface area contributed by atoms with Gasteiger partial charge in [-0.25, -0.2) is 0 Å². The van der Waals surface area contributed by atoms with Gasteiger partial charge in [0.15, 0.2) is 0 Å². The molecule has 0 aliphatic heterocycles. The van der Waals surface area contributed by atoms with Crippen molar-refractivity contribution in [2.45, 2.75) is 37.1 Å². The highest BCUT2D eigenvalue weighted by molar-refractivity contribution is 2.51. The quantitative estimate of drug-likeness (QED) is 0.419. The lowest BCUT2D eigenvalue weighted by Crippen LogP contribution is 0.143. The SMILES string of the molecule is C.C.C.C.C. The molecule has 0 aromatic carbocycles. The Kier molecular flexibility index (Phi) is 0. The molecule has 0 saturated carbocycles. The second-order valence-corrected chi connectivity index (χ2v) is 0. The van der Waals surface area contributed by atoms with Gasteiger partial charge in [0, 0.05) is 0 Å². The van der Waals surface area contributed by atoms with Gasteiger partial charge in [0.2, 0.25) is 0 Å². The summed E-state index contributed by atoms with van der Waals surface area (Å²) in [6, 6.07) is 0. The van der Waals surface area contributed by atoms with Gasteiger partial charge in [0.05, 0.1) is 0 Å². The molecule has 0 unspecified atom stereocenters. The van der Waals surface area contributed by atoms with Crippen LogP contribution in [-0.4, -0.2) is 0 Å². The zero-order chi connectivity index (χ0) is 0. The number of rotatable bonds is 0. The zero-order valence-electron chi connectivity index (χ0n) is 0. The zero-order valence-corrected chi connectivity index (χ0v) is 0. The summed E-state index contributed by atoms with van der Waals surface area (Å²) in [5.41, 5.74) is 0. The molecule has 0 aromatic heterocycles. The van der Waals surface area contributed by atoms with Gasteiger partial charge < -0.3 is 0 Å². The molecule has 0 bridgehead atoms. The summed E-state index contributed by atoms with van der Waals surface area (Å²) < 4.78 is 0. The standard InChI is InChI=1S/5CH4/h5*1H4. The van der Waals surface area contributed by atoms with E-state index in [-0.39, 0.29) is 37.1 Å². The molecule has 40 valence electrons. The highest BCUT2D eigenvalue weighted by Gasteiger charge is -0.0736. The van der Waals surface area contributed by atoms with Crippen molar-refractivity contribution >= 4 is 0 Å². The topological polar surface area (TPSA) is 0 Å². The van der Waals surface area contributed by atoms with Crippen molar-refractivity contribution in [2.75, 3.05) is 0 Å². The van der Waals surface area contributed by atoms with Gasteiger partial charge >= 0.3 is 0 Å².